The minimum absolute atomic E-state index is 0.0818. The van der Waals surface area contributed by atoms with E-state index in [9.17, 15) is 22.7 Å². The summed E-state index contributed by atoms with van der Waals surface area (Å²) < 4.78 is 66.8. The van der Waals surface area contributed by atoms with Gasteiger partial charge in [0.25, 0.3) is 0 Å². The Morgan fingerprint density at radius 1 is 0.974 bits per heavy atom. The van der Waals surface area contributed by atoms with E-state index in [4.69, 9.17) is 9.47 Å². The summed E-state index contributed by atoms with van der Waals surface area (Å²) in [6, 6.07) is 18.0. The van der Waals surface area contributed by atoms with Crippen LogP contribution in [0, 0.1) is 5.92 Å². The molecule has 1 unspecified atom stereocenters. The van der Waals surface area contributed by atoms with Crippen molar-refractivity contribution in [3.8, 4) is 23.0 Å². The number of halogens is 4. The van der Waals surface area contributed by atoms with E-state index in [1.807, 2.05) is 31.2 Å². The number of ether oxygens (including phenoxy) is 3. The van der Waals surface area contributed by atoms with Crippen molar-refractivity contribution >= 4 is 11.1 Å². The summed E-state index contributed by atoms with van der Waals surface area (Å²) >= 11 is 0. The Morgan fingerprint density at radius 2 is 1.66 bits per heavy atom. The van der Waals surface area contributed by atoms with Crippen LogP contribution in [-0.2, 0) is 0 Å². The highest BCUT2D eigenvalue weighted by Gasteiger charge is 2.32. The first-order valence-electron chi connectivity index (χ1n) is 12.3. The van der Waals surface area contributed by atoms with E-state index in [1.165, 1.54) is 12.1 Å². The van der Waals surface area contributed by atoms with Crippen molar-refractivity contribution in [1.82, 2.24) is 4.90 Å². The smallest absolute Gasteiger partial charge is 0.508 e. The number of rotatable bonds is 8. The molecule has 0 aromatic heterocycles. The van der Waals surface area contributed by atoms with Crippen molar-refractivity contribution in [3.63, 3.8) is 0 Å². The van der Waals surface area contributed by atoms with Gasteiger partial charge in [0.1, 0.15) is 35.7 Å². The number of hydrogen-bond acceptors (Lipinski definition) is 5. The highest BCUT2D eigenvalue weighted by molar-refractivity contribution is 5.95. The molecule has 2 aliphatic rings. The molecule has 1 N–H and O–H groups in total. The zero-order valence-electron chi connectivity index (χ0n) is 20.7. The fourth-order valence-electron chi connectivity index (χ4n) is 4.87. The van der Waals surface area contributed by atoms with Gasteiger partial charge in [-0.2, -0.15) is 0 Å². The Bertz CT molecular complexity index is 1300. The Labute approximate surface area is 217 Å². The summed E-state index contributed by atoms with van der Waals surface area (Å²) in [7, 11) is 0. The number of nitrogens with zero attached hydrogens (tertiary/aromatic N) is 1. The maximum Gasteiger partial charge on any atom is 0.573 e. The molecule has 2 aliphatic heterocycles. The van der Waals surface area contributed by atoms with E-state index < -0.39 is 12.5 Å². The van der Waals surface area contributed by atoms with E-state index >= 15 is 0 Å². The summed E-state index contributed by atoms with van der Waals surface area (Å²) in [5.41, 5.74) is 3.79. The molecule has 1 atom stereocenters. The van der Waals surface area contributed by atoms with Gasteiger partial charge in [-0.25, -0.2) is 0 Å². The molecular weight excluding hydrogens is 502 g/mol. The lowest BCUT2D eigenvalue weighted by Gasteiger charge is -2.37. The second kappa shape index (κ2) is 10.6. The van der Waals surface area contributed by atoms with Crippen molar-refractivity contribution in [2.45, 2.75) is 19.4 Å². The van der Waals surface area contributed by atoms with Crippen LogP contribution in [0.1, 0.15) is 29.7 Å². The number of fused-ring (bicyclic) bond motifs is 1. The third kappa shape index (κ3) is 5.72. The van der Waals surface area contributed by atoms with E-state index in [1.54, 1.807) is 30.3 Å². The molecule has 38 heavy (non-hydrogen) atoms. The van der Waals surface area contributed by atoms with Crippen molar-refractivity contribution in [1.29, 1.82) is 0 Å². The third-order valence-corrected chi connectivity index (χ3v) is 6.79. The normalized spacial score (nSPS) is 18.0. The van der Waals surface area contributed by atoms with E-state index in [-0.39, 0.29) is 24.1 Å². The Morgan fingerprint density at radius 3 is 2.32 bits per heavy atom. The highest BCUT2D eigenvalue weighted by atomic mass is 19.4. The monoisotopic (exact) mass is 529 g/mol. The van der Waals surface area contributed by atoms with Gasteiger partial charge in [-0.05, 0) is 66.1 Å². The third-order valence-electron chi connectivity index (χ3n) is 6.79. The fraction of sp³-hybridized carbons (Fsp3) is 0.310. The molecule has 1 saturated heterocycles. The van der Waals surface area contributed by atoms with Gasteiger partial charge >= 0.3 is 6.36 Å². The Balaban J connectivity index is 1.38. The summed E-state index contributed by atoms with van der Waals surface area (Å²) in [5, 5.41) is 10.0. The fourth-order valence-corrected chi connectivity index (χ4v) is 4.87. The molecule has 0 aliphatic carbocycles. The number of phenols is 1. The summed E-state index contributed by atoms with van der Waals surface area (Å²) in [6.45, 7) is 4.35. The van der Waals surface area contributed by atoms with Crippen LogP contribution in [0.25, 0.3) is 11.1 Å². The molecule has 9 heteroatoms. The topological polar surface area (TPSA) is 51.2 Å². The Hall–Kier alpha value is -3.72. The van der Waals surface area contributed by atoms with Crippen molar-refractivity contribution in [2.24, 2.45) is 5.92 Å². The largest absolute Gasteiger partial charge is 0.573 e. The number of allylic oxidation sites excluding steroid dienone is 1. The van der Waals surface area contributed by atoms with Crippen LogP contribution in [0.4, 0.5) is 17.6 Å². The van der Waals surface area contributed by atoms with Gasteiger partial charge in [-0.1, -0.05) is 24.3 Å². The van der Waals surface area contributed by atoms with Gasteiger partial charge in [-0.3, -0.25) is 9.29 Å². The maximum atomic E-state index is 12.6. The molecule has 0 spiro atoms. The molecule has 0 radical (unpaired) electrons. The number of hydrogen-bond donors (Lipinski definition) is 1. The second-order valence-electron chi connectivity index (χ2n) is 9.49. The first-order valence-corrected chi connectivity index (χ1v) is 12.3. The lowest BCUT2D eigenvalue weighted by Crippen LogP contribution is -2.49. The van der Waals surface area contributed by atoms with Gasteiger partial charge in [0.15, 0.2) is 0 Å². The van der Waals surface area contributed by atoms with Crippen LogP contribution in [0.15, 0.2) is 66.7 Å². The van der Waals surface area contributed by atoms with Crippen molar-refractivity contribution in [2.75, 3.05) is 32.9 Å². The van der Waals surface area contributed by atoms with Crippen LogP contribution >= 0.6 is 0 Å². The minimum Gasteiger partial charge on any atom is -0.508 e. The van der Waals surface area contributed by atoms with Gasteiger partial charge < -0.3 is 19.3 Å². The molecule has 200 valence electrons. The van der Waals surface area contributed by atoms with Crippen molar-refractivity contribution < 1.29 is 36.9 Å². The molecule has 5 nitrogen and oxygen atoms in total. The minimum atomic E-state index is -4.78. The Kier molecular flexibility index (Phi) is 7.21. The van der Waals surface area contributed by atoms with Gasteiger partial charge in [0.2, 0.25) is 0 Å². The number of phenolic OH excluding ortho intramolecular Hbond substituents is 1. The summed E-state index contributed by atoms with van der Waals surface area (Å²) in [4.78, 5) is 2.15. The van der Waals surface area contributed by atoms with Crippen LogP contribution in [0.5, 0.6) is 23.0 Å². The first-order chi connectivity index (χ1) is 18.2. The molecule has 3 aromatic rings. The lowest BCUT2D eigenvalue weighted by atomic mass is 9.86. The standard InChI is InChI=1S/C29H27F4NO4/c1-18-25-14-22(35)6-11-26(25)37-28(27(18)20-2-9-24(10-3-20)38-29(31,32)33)21-4-7-23(8-5-21)36-13-12-34-16-19(15-30)17-34/h2-11,14,19,28,35H,12-13,15-17H2,1H3. The van der Waals surface area contributed by atoms with Gasteiger partial charge in [0, 0.05) is 36.7 Å². The molecule has 1 fully saturated rings. The van der Waals surface area contributed by atoms with Gasteiger partial charge in [-0.15, -0.1) is 13.2 Å². The van der Waals surface area contributed by atoms with Gasteiger partial charge in [0.05, 0.1) is 6.67 Å². The number of aromatic hydroxyl groups is 1. The molecule has 0 amide bonds. The SMILES string of the molecule is CC1=C(c2ccc(OC(F)(F)F)cc2)C(c2ccc(OCCN3CC(CF)C3)cc2)Oc2ccc(O)cc21. The predicted octanol–water partition coefficient (Wildman–Crippen LogP) is 6.64. The molecule has 0 saturated carbocycles. The van der Waals surface area contributed by atoms with Crippen LogP contribution in [0.2, 0.25) is 0 Å². The molecule has 0 bridgehead atoms. The zero-order chi connectivity index (χ0) is 26.9. The average Bonchev–Trinajstić information content (AvgIpc) is 2.86. The number of likely N-dealkylation sites (tertiary alicyclic amines) is 1. The average molecular weight is 530 g/mol. The van der Waals surface area contributed by atoms with E-state index in [2.05, 4.69) is 9.64 Å². The molecule has 2 heterocycles. The van der Waals surface area contributed by atoms with Crippen LogP contribution in [-0.4, -0.2) is 49.3 Å². The first kappa shape index (κ1) is 25.9. The predicted molar refractivity (Wildman–Crippen MR) is 135 cm³/mol. The second-order valence-corrected chi connectivity index (χ2v) is 9.49. The quantitative estimate of drug-likeness (QED) is 0.332. The summed E-state index contributed by atoms with van der Waals surface area (Å²) in [6.07, 6.45) is -5.33. The van der Waals surface area contributed by atoms with E-state index in [0.717, 1.165) is 36.3 Å². The molecule has 3 aromatic carbocycles. The highest BCUT2D eigenvalue weighted by Crippen LogP contribution is 2.47. The lowest BCUT2D eigenvalue weighted by molar-refractivity contribution is -0.274. The van der Waals surface area contributed by atoms with Crippen molar-refractivity contribution in [3.05, 3.63) is 83.4 Å². The maximum absolute atomic E-state index is 12.6. The molecule has 5 rings (SSSR count). The molecular formula is C29H27F4NO4. The zero-order valence-corrected chi connectivity index (χ0v) is 20.7. The number of alkyl halides is 4. The van der Waals surface area contributed by atoms with Crippen LogP contribution in [0.3, 0.4) is 0 Å². The summed E-state index contributed by atoms with van der Waals surface area (Å²) in [5.74, 6) is 1.18. The van der Waals surface area contributed by atoms with E-state index in [0.29, 0.717) is 29.2 Å². The number of benzene rings is 3. The van der Waals surface area contributed by atoms with Crippen LogP contribution < -0.4 is 14.2 Å².